The average Bonchev–Trinajstić information content (AvgIpc) is 2.68. The van der Waals surface area contributed by atoms with Gasteiger partial charge in [0.1, 0.15) is 5.75 Å². The summed E-state index contributed by atoms with van der Waals surface area (Å²) in [6.45, 7) is 4.21. The van der Waals surface area contributed by atoms with Crippen molar-refractivity contribution in [1.82, 2.24) is 9.78 Å². The second kappa shape index (κ2) is 7.96. The first-order chi connectivity index (χ1) is 13.3. The van der Waals surface area contributed by atoms with Crippen LogP contribution >= 0.6 is 0 Å². The van der Waals surface area contributed by atoms with Crippen molar-refractivity contribution in [2.45, 2.75) is 19.8 Å². The van der Waals surface area contributed by atoms with Gasteiger partial charge in [-0.3, -0.25) is 4.79 Å². The molecule has 28 heavy (non-hydrogen) atoms. The van der Waals surface area contributed by atoms with Crippen molar-refractivity contribution < 1.29 is 14.6 Å². The third kappa shape index (κ3) is 4.20. The Morgan fingerprint density at radius 1 is 1.18 bits per heavy atom. The quantitative estimate of drug-likeness (QED) is 0.669. The number of ether oxygens (including phenoxy) is 1. The SMILES string of the molecule is CC(C)c1ccc(Oc2cnn(C)c(=O)c2Nc2cccc(C(=O)O)c2)cc1. The monoisotopic (exact) mass is 379 g/mol. The minimum absolute atomic E-state index is 0.114. The van der Waals surface area contributed by atoms with Crippen LogP contribution in [-0.4, -0.2) is 20.9 Å². The first-order valence-corrected chi connectivity index (χ1v) is 8.79. The molecule has 1 aromatic heterocycles. The number of carboxylic acid groups (broad SMARTS) is 1. The normalized spacial score (nSPS) is 10.7. The zero-order chi connectivity index (χ0) is 20.3. The van der Waals surface area contributed by atoms with E-state index >= 15 is 0 Å². The summed E-state index contributed by atoms with van der Waals surface area (Å²) in [4.78, 5) is 23.8. The van der Waals surface area contributed by atoms with E-state index in [1.54, 1.807) is 12.1 Å². The van der Waals surface area contributed by atoms with Crippen molar-refractivity contribution in [2.75, 3.05) is 5.32 Å². The maximum Gasteiger partial charge on any atom is 0.335 e. The number of carbonyl (C=O) groups is 1. The molecule has 0 saturated heterocycles. The summed E-state index contributed by atoms with van der Waals surface area (Å²) >= 11 is 0. The van der Waals surface area contributed by atoms with E-state index in [9.17, 15) is 9.59 Å². The van der Waals surface area contributed by atoms with Crippen molar-refractivity contribution in [3.8, 4) is 11.5 Å². The maximum absolute atomic E-state index is 12.6. The fraction of sp³-hybridized carbons (Fsp3) is 0.190. The molecular weight excluding hydrogens is 358 g/mol. The molecule has 3 rings (SSSR count). The lowest BCUT2D eigenvalue weighted by Crippen LogP contribution is -2.22. The molecule has 0 aliphatic carbocycles. The zero-order valence-corrected chi connectivity index (χ0v) is 15.8. The van der Waals surface area contributed by atoms with E-state index in [0.29, 0.717) is 17.4 Å². The molecule has 7 nitrogen and oxygen atoms in total. The molecule has 7 heteroatoms. The number of benzene rings is 2. The van der Waals surface area contributed by atoms with E-state index < -0.39 is 11.5 Å². The van der Waals surface area contributed by atoms with Crippen LogP contribution in [0.5, 0.6) is 11.5 Å². The molecule has 0 saturated carbocycles. The second-order valence-electron chi connectivity index (χ2n) is 6.65. The van der Waals surface area contributed by atoms with Gasteiger partial charge in [-0.15, -0.1) is 0 Å². The summed E-state index contributed by atoms with van der Waals surface area (Å²) in [5.41, 5.74) is 1.54. The number of nitrogens with one attached hydrogen (secondary N) is 1. The van der Waals surface area contributed by atoms with Crippen LogP contribution in [0.4, 0.5) is 11.4 Å². The highest BCUT2D eigenvalue weighted by Gasteiger charge is 2.14. The Morgan fingerprint density at radius 3 is 2.54 bits per heavy atom. The Balaban J connectivity index is 1.95. The number of carboxylic acids is 1. The standard InChI is InChI=1S/C21H21N3O4/c1-13(2)14-7-9-17(10-8-14)28-18-12-22-24(3)20(25)19(18)23-16-6-4-5-15(11-16)21(26)27/h4-13,23H,1-3H3,(H,26,27). The predicted molar refractivity (Wildman–Crippen MR) is 107 cm³/mol. The maximum atomic E-state index is 12.6. The summed E-state index contributed by atoms with van der Waals surface area (Å²) in [5.74, 6) is 0.175. The number of aryl methyl sites for hydroxylation is 1. The molecule has 0 amide bonds. The van der Waals surface area contributed by atoms with Crippen LogP contribution in [0.3, 0.4) is 0 Å². The van der Waals surface area contributed by atoms with Crippen molar-refractivity contribution in [3.05, 3.63) is 76.2 Å². The van der Waals surface area contributed by atoms with E-state index in [4.69, 9.17) is 9.84 Å². The molecule has 2 aromatic carbocycles. The molecule has 0 atom stereocenters. The molecular formula is C21H21N3O4. The Morgan fingerprint density at radius 2 is 1.89 bits per heavy atom. The molecule has 0 aliphatic heterocycles. The van der Waals surface area contributed by atoms with Crippen molar-refractivity contribution in [2.24, 2.45) is 7.05 Å². The van der Waals surface area contributed by atoms with Gasteiger partial charge >= 0.3 is 5.97 Å². The van der Waals surface area contributed by atoms with Crippen LogP contribution in [0.1, 0.15) is 35.7 Å². The average molecular weight is 379 g/mol. The Kier molecular flexibility index (Phi) is 5.44. The van der Waals surface area contributed by atoms with E-state index in [0.717, 1.165) is 0 Å². The van der Waals surface area contributed by atoms with Gasteiger partial charge < -0.3 is 15.2 Å². The summed E-state index contributed by atoms with van der Waals surface area (Å²) in [6.07, 6.45) is 1.45. The van der Waals surface area contributed by atoms with Crippen LogP contribution in [0, 0.1) is 0 Å². The van der Waals surface area contributed by atoms with Gasteiger partial charge in [0.25, 0.3) is 5.56 Å². The van der Waals surface area contributed by atoms with E-state index in [-0.39, 0.29) is 17.0 Å². The van der Waals surface area contributed by atoms with Crippen LogP contribution in [0.2, 0.25) is 0 Å². The number of hydrogen-bond acceptors (Lipinski definition) is 5. The van der Waals surface area contributed by atoms with Crippen molar-refractivity contribution in [3.63, 3.8) is 0 Å². The minimum atomic E-state index is -1.05. The topological polar surface area (TPSA) is 93.5 Å². The van der Waals surface area contributed by atoms with Gasteiger partial charge in [-0.1, -0.05) is 32.0 Å². The highest BCUT2D eigenvalue weighted by Crippen LogP contribution is 2.29. The number of rotatable bonds is 6. The third-order valence-corrected chi connectivity index (χ3v) is 4.26. The predicted octanol–water partition coefficient (Wildman–Crippen LogP) is 4.14. The highest BCUT2D eigenvalue weighted by molar-refractivity contribution is 5.89. The summed E-state index contributed by atoms with van der Waals surface area (Å²) < 4.78 is 7.05. The molecule has 1 heterocycles. The second-order valence-corrected chi connectivity index (χ2v) is 6.65. The van der Waals surface area contributed by atoms with E-state index in [1.165, 1.54) is 35.6 Å². The lowest BCUT2D eigenvalue weighted by Gasteiger charge is -2.14. The summed E-state index contributed by atoms with van der Waals surface area (Å²) in [7, 11) is 1.53. The van der Waals surface area contributed by atoms with Crippen LogP contribution < -0.4 is 15.6 Å². The Bertz CT molecular complexity index is 1060. The number of aromatic nitrogens is 2. The molecule has 144 valence electrons. The first kappa shape index (κ1) is 19.2. The van der Waals surface area contributed by atoms with Crippen LogP contribution in [0.25, 0.3) is 0 Å². The van der Waals surface area contributed by atoms with Gasteiger partial charge in [-0.25, -0.2) is 9.48 Å². The molecule has 0 aliphatic rings. The highest BCUT2D eigenvalue weighted by atomic mass is 16.5. The number of nitrogens with zero attached hydrogens (tertiary/aromatic N) is 2. The molecule has 0 spiro atoms. The largest absolute Gasteiger partial charge is 0.478 e. The molecule has 0 bridgehead atoms. The zero-order valence-electron chi connectivity index (χ0n) is 15.8. The lowest BCUT2D eigenvalue weighted by atomic mass is 10.0. The van der Waals surface area contributed by atoms with Gasteiger partial charge in [-0.05, 0) is 41.8 Å². The van der Waals surface area contributed by atoms with Crippen LogP contribution in [0.15, 0.2) is 59.5 Å². The van der Waals surface area contributed by atoms with E-state index in [2.05, 4.69) is 24.3 Å². The van der Waals surface area contributed by atoms with E-state index in [1.807, 2.05) is 24.3 Å². The summed E-state index contributed by atoms with van der Waals surface area (Å²) in [5, 5.41) is 16.1. The Labute approximate surface area is 162 Å². The molecule has 2 N–H and O–H groups in total. The fourth-order valence-electron chi connectivity index (χ4n) is 2.64. The van der Waals surface area contributed by atoms with Gasteiger partial charge in [0.15, 0.2) is 11.4 Å². The van der Waals surface area contributed by atoms with Gasteiger partial charge in [0.2, 0.25) is 0 Å². The number of aromatic carboxylic acids is 1. The third-order valence-electron chi connectivity index (χ3n) is 4.26. The van der Waals surface area contributed by atoms with Crippen molar-refractivity contribution in [1.29, 1.82) is 0 Å². The number of hydrogen-bond donors (Lipinski definition) is 2. The first-order valence-electron chi connectivity index (χ1n) is 8.79. The van der Waals surface area contributed by atoms with Crippen molar-refractivity contribution >= 4 is 17.3 Å². The van der Waals surface area contributed by atoms with Gasteiger partial charge in [0.05, 0.1) is 11.8 Å². The van der Waals surface area contributed by atoms with Crippen LogP contribution in [-0.2, 0) is 7.05 Å². The molecule has 3 aromatic rings. The smallest absolute Gasteiger partial charge is 0.335 e. The van der Waals surface area contributed by atoms with Gasteiger partial charge in [-0.2, -0.15) is 5.10 Å². The Hall–Kier alpha value is -3.61. The minimum Gasteiger partial charge on any atom is -0.478 e. The lowest BCUT2D eigenvalue weighted by molar-refractivity contribution is 0.0697. The van der Waals surface area contributed by atoms with Gasteiger partial charge in [0, 0.05) is 12.7 Å². The molecule has 0 unspecified atom stereocenters. The number of anilines is 2. The molecule has 0 radical (unpaired) electrons. The fourth-order valence-corrected chi connectivity index (χ4v) is 2.64. The molecule has 0 fully saturated rings. The summed E-state index contributed by atoms with van der Waals surface area (Å²) in [6, 6.07) is 13.8.